The van der Waals surface area contributed by atoms with Gasteiger partial charge >= 0.3 is 0 Å². The molecule has 2 aromatic heterocycles. The monoisotopic (exact) mass is 430 g/mol. The lowest BCUT2D eigenvalue weighted by molar-refractivity contribution is -0.118. The Labute approximate surface area is 187 Å². The number of aromatic nitrogens is 3. The second kappa shape index (κ2) is 10.7. The summed E-state index contributed by atoms with van der Waals surface area (Å²) in [5.41, 5.74) is 3.42. The van der Waals surface area contributed by atoms with Crippen LogP contribution < -0.4 is 5.32 Å². The van der Waals surface area contributed by atoms with Gasteiger partial charge in [-0.25, -0.2) is 4.68 Å². The maximum absolute atomic E-state index is 12.2. The molecule has 1 N–H and O–H groups in total. The number of rotatable bonds is 10. The largest absolute Gasteiger partial charge is 0.355 e. The Morgan fingerprint density at radius 3 is 2.39 bits per heavy atom. The van der Waals surface area contributed by atoms with Crippen molar-refractivity contribution in [2.45, 2.75) is 18.6 Å². The van der Waals surface area contributed by atoms with E-state index in [2.05, 4.69) is 27.1 Å². The molecule has 0 unspecified atom stereocenters. The highest BCUT2D eigenvalue weighted by Crippen LogP contribution is 2.23. The van der Waals surface area contributed by atoms with Gasteiger partial charge in [-0.15, -0.1) is 11.8 Å². The van der Waals surface area contributed by atoms with Crippen LogP contribution in [0.4, 0.5) is 0 Å². The van der Waals surface area contributed by atoms with Gasteiger partial charge in [0.05, 0.1) is 17.6 Å². The summed E-state index contributed by atoms with van der Waals surface area (Å²) in [5, 5.41) is 7.64. The van der Waals surface area contributed by atoms with Crippen molar-refractivity contribution in [2.75, 3.05) is 12.3 Å². The zero-order valence-corrected chi connectivity index (χ0v) is 18.2. The van der Waals surface area contributed by atoms with Crippen molar-refractivity contribution in [1.29, 1.82) is 0 Å². The maximum Gasteiger partial charge on any atom is 0.230 e. The first-order chi connectivity index (χ1) is 15.3. The van der Waals surface area contributed by atoms with Gasteiger partial charge in [-0.3, -0.25) is 4.79 Å². The molecular weight excluding hydrogens is 404 g/mol. The van der Waals surface area contributed by atoms with Crippen molar-refractivity contribution in [3.05, 3.63) is 103 Å². The molecular formula is C25H26N4OS. The van der Waals surface area contributed by atoms with Crippen LogP contribution in [-0.2, 0) is 17.0 Å². The molecule has 0 aliphatic heterocycles. The van der Waals surface area contributed by atoms with E-state index in [1.807, 2.05) is 83.9 Å². The zero-order valence-electron chi connectivity index (χ0n) is 17.4. The molecule has 1 amide bonds. The summed E-state index contributed by atoms with van der Waals surface area (Å²) in [6.07, 6.45) is 7.86. The highest BCUT2D eigenvalue weighted by Gasteiger charge is 2.14. The van der Waals surface area contributed by atoms with Crippen LogP contribution in [0.2, 0.25) is 0 Å². The molecule has 31 heavy (non-hydrogen) atoms. The number of carbonyl (C=O) groups excluding carboxylic acids is 1. The molecule has 2 heterocycles. The predicted molar refractivity (Wildman–Crippen MR) is 127 cm³/mol. The summed E-state index contributed by atoms with van der Waals surface area (Å²) in [4.78, 5) is 12.2. The molecule has 0 radical (unpaired) electrons. The van der Waals surface area contributed by atoms with E-state index < -0.39 is 0 Å². The number of hydrogen-bond acceptors (Lipinski definition) is 3. The summed E-state index contributed by atoms with van der Waals surface area (Å²) in [5.74, 6) is 2.24. The highest BCUT2D eigenvalue weighted by molar-refractivity contribution is 7.99. The van der Waals surface area contributed by atoms with Crippen LogP contribution >= 0.6 is 11.8 Å². The van der Waals surface area contributed by atoms with Gasteiger partial charge in [-0.05, 0) is 42.7 Å². The Morgan fingerprint density at radius 1 is 0.935 bits per heavy atom. The molecule has 4 rings (SSSR count). The van der Waals surface area contributed by atoms with E-state index in [-0.39, 0.29) is 5.91 Å². The average molecular weight is 431 g/mol. The lowest BCUT2D eigenvalue weighted by atomic mass is 10.1. The summed E-state index contributed by atoms with van der Waals surface area (Å²) in [6, 6.07) is 24.5. The van der Waals surface area contributed by atoms with Gasteiger partial charge in [0.2, 0.25) is 5.91 Å². The third-order valence-corrected chi connectivity index (χ3v) is 5.95. The van der Waals surface area contributed by atoms with E-state index in [1.54, 1.807) is 11.8 Å². The topological polar surface area (TPSA) is 51.9 Å². The minimum absolute atomic E-state index is 0.0797. The smallest absolute Gasteiger partial charge is 0.230 e. The number of nitrogens with one attached hydrogen (secondary N) is 1. The molecule has 0 fully saturated rings. The summed E-state index contributed by atoms with van der Waals surface area (Å²) < 4.78 is 4.01. The second-order valence-corrected chi connectivity index (χ2v) is 8.25. The van der Waals surface area contributed by atoms with Crippen molar-refractivity contribution in [3.63, 3.8) is 0 Å². The SMILES string of the molecule is O=C(CSCc1cnn(-c2ccccc2)c1-n1cccc1)NCCCc1ccccc1. The first kappa shape index (κ1) is 21.0. The van der Waals surface area contributed by atoms with Crippen molar-refractivity contribution in [1.82, 2.24) is 19.7 Å². The normalized spacial score (nSPS) is 10.8. The summed E-state index contributed by atoms with van der Waals surface area (Å²) >= 11 is 1.61. The van der Waals surface area contributed by atoms with Gasteiger partial charge in [-0.2, -0.15) is 5.10 Å². The third-order valence-electron chi connectivity index (χ3n) is 4.96. The average Bonchev–Trinajstić information content (AvgIpc) is 3.48. The molecule has 0 saturated carbocycles. The second-order valence-electron chi connectivity index (χ2n) is 7.26. The number of benzene rings is 2. The molecule has 5 nitrogen and oxygen atoms in total. The molecule has 0 spiro atoms. The fourth-order valence-corrected chi connectivity index (χ4v) is 4.27. The van der Waals surface area contributed by atoms with Crippen LogP contribution in [0.25, 0.3) is 11.5 Å². The van der Waals surface area contributed by atoms with E-state index in [0.717, 1.165) is 35.7 Å². The molecule has 0 saturated heterocycles. The van der Waals surface area contributed by atoms with Crippen molar-refractivity contribution in [2.24, 2.45) is 0 Å². The van der Waals surface area contributed by atoms with Crippen LogP contribution in [0.3, 0.4) is 0 Å². The number of nitrogens with zero attached hydrogens (tertiary/aromatic N) is 3. The summed E-state index contributed by atoms with van der Waals surface area (Å²) in [6.45, 7) is 0.703. The number of hydrogen-bond donors (Lipinski definition) is 1. The standard InChI is InChI=1S/C25H26N4OS/c30-24(26-15-9-12-21-10-3-1-4-11-21)20-31-19-22-18-27-29(23-13-5-2-6-14-23)25(22)28-16-7-8-17-28/h1-8,10-11,13-14,16-18H,9,12,15,19-20H2,(H,26,30). The van der Waals surface area contributed by atoms with Crippen LogP contribution in [0.1, 0.15) is 17.5 Å². The first-order valence-electron chi connectivity index (χ1n) is 10.5. The number of para-hydroxylation sites is 1. The Balaban J connectivity index is 1.30. The first-order valence-corrected chi connectivity index (χ1v) is 11.6. The van der Waals surface area contributed by atoms with Gasteiger partial charge in [0, 0.05) is 30.3 Å². The minimum Gasteiger partial charge on any atom is -0.355 e. The number of amides is 1. The third kappa shape index (κ3) is 5.67. The van der Waals surface area contributed by atoms with Crippen molar-refractivity contribution >= 4 is 17.7 Å². The van der Waals surface area contributed by atoms with Crippen molar-refractivity contribution in [3.8, 4) is 11.5 Å². The Kier molecular flexibility index (Phi) is 7.24. The van der Waals surface area contributed by atoms with Gasteiger partial charge in [-0.1, -0.05) is 48.5 Å². The fourth-order valence-electron chi connectivity index (χ4n) is 3.46. The molecule has 6 heteroatoms. The van der Waals surface area contributed by atoms with Crippen LogP contribution in [-0.4, -0.2) is 32.6 Å². The van der Waals surface area contributed by atoms with E-state index in [4.69, 9.17) is 0 Å². The summed E-state index contributed by atoms with van der Waals surface area (Å²) in [7, 11) is 0. The molecule has 0 aliphatic rings. The number of thioether (sulfide) groups is 1. The lowest BCUT2D eigenvalue weighted by Gasteiger charge is -2.11. The zero-order chi connectivity index (χ0) is 21.3. The van der Waals surface area contributed by atoms with Gasteiger partial charge in [0.15, 0.2) is 0 Å². The molecule has 0 bridgehead atoms. The van der Waals surface area contributed by atoms with Gasteiger partial charge in [0.1, 0.15) is 5.82 Å². The van der Waals surface area contributed by atoms with E-state index >= 15 is 0 Å². The maximum atomic E-state index is 12.2. The molecule has 0 atom stereocenters. The Hall–Kier alpha value is -3.25. The number of aryl methyl sites for hydroxylation is 1. The molecule has 2 aromatic carbocycles. The molecule has 0 aliphatic carbocycles. The van der Waals surface area contributed by atoms with Crippen LogP contribution in [0, 0.1) is 0 Å². The van der Waals surface area contributed by atoms with Gasteiger partial charge in [0.25, 0.3) is 0 Å². The molecule has 158 valence electrons. The van der Waals surface area contributed by atoms with E-state index in [0.29, 0.717) is 12.3 Å². The number of carbonyl (C=O) groups is 1. The van der Waals surface area contributed by atoms with Crippen LogP contribution in [0.15, 0.2) is 91.4 Å². The minimum atomic E-state index is 0.0797. The lowest BCUT2D eigenvalue weighted by Crippen LogP contribution is -2.26. The fraction of sp³-hybridized carbons (Fsp3) is 0.200. The van der Waals surface area contributed by atoms with Gasteiger partial charge < -0.3 is 9.88 Å². The quantitative estimate of drug-likeness (QED) is 0.373. The Morgan fingerprint density at radius 2 is 1.65 bits per heavy atom. The van der Waals surface area contributed by atoms with E-state index in [9.17, 15) is 4.79 Å². The van der Waals surface area contributed by atoms with E-state index in [1.165, 1.54) is 5.56 Å². The van der Waals surface area contributed by atoms with Crippen molar-refractivity contribution < 1.29 is 4.79 Å². The Bertz CT molecular complexity index is 1080. The predicted octanol–water partition coefficient (Wildman–Crippen LogP) is 4.65. The highest BCUT2D eigenvalue weighted by atomic mass is 32.2. The molecule has 4 aromatic rings. The van der Waals surface area contributed by atoms with Crippen LogP contribution in [0.5, 0.6) is 0 Å².